The van der Waals surface area contributed by atoms with Crippen LogP contribution in [0.15, 0.2) is 36.4 Å². The second-order valence-corrected chi connectivity index (χ2v) is 6.41. The van der Waals surface area contributed by atoms with Gasteiger partial charge < -0.3 is 4.90 Å². The van der Waals surface area contributed by atoms with Crippen LogP contribution in [0.25, 0.3) is 0 Å². The van der Waals surface area contributed by atoms with Crippen molar-refractivity contribution in [1.82, 2.24) is 0 Å². The van der Waals surface area contributed by atoms with Gasteiger partial charge in [-0.3, -0.25) is 19.2 Å². The number of hydrogen-bond acceptors (Lipinski definition) is 5. The normalized spacial score (nSPS) is 13.0. The Labute approximate surface area is 151 Å². The van der Waals surface area contributed by atoms with Gasteiger partial charge in [0.2, 0.25) is 0 Å². The summed E-state index contributed by atoms with van der Waals surface area (Å²) in [6.07, 6.45) is 0. The minimum atomic E-state index is -0.500. The largest absolute Gasteiger partial charge is 0.378 e. The maximum atomic E-state index is 12.8. The molecule has 1 heterocycles. The number of Topliss-reactive ketones (excluding diaryl/α,β-unsaturated/α-hetero) is 2. The number of imide groups is 1. The lowest BCUT2D eigenvalue weighted by Gasteiger charge is -2.16. The van der Waals surface area contributed by atoms with Gasteiger partial charge >= 0.3 is 0 Å². The fourth-order valence-corrected chi connectivity index (χ4v) is 3.00. The van der Waals surface area contributed by atoms with Gasteiger partial charge in [-0.25, -0.2) is 4.90 Å². The molecule has 6 nitrogen and oxygen atoms in total. The minimum Gasteiger partial charge on any atom is -0.378 e. The second-order valence-electron chi connectivity index (χ2n) is 6.41. The van der Waals surface area contributed by atoms with Crippen LogP contribution in [0.1, 0.15) is 55.3 Å². The van der Waals surface area contributed by atoms with Crippen LogP contribution in [0.2, 0.25) is 0 Å². The van der Waals surface area contributed by atoms with Crippen molar-refractivity contribution in [2.24, 2.45) is 0 Å². The summed E-state index contributed by atoms with van der Waals surface area (Å²) < 4.78 is 0. The third-order valence-electron chi connectivity index (χ3n) is 4.41. The van der Waals surface area contributed by atoms with Gasteiger partial charge in [0.1, 0.15) is 0 Å². The predicted molar refractivity (Wildman–Crippen MR) is 98.4 cm³/mol. The smallest absolute Gasteiger partial charge is 0.266 e. The highest BCUT2D eigenvalue weighted by atomic mass is 16.2. The molecule has 132 valence electrons. The van der Waals surface area contributed by atoms with Gasteiger partial charge in [0.05, 0.1) is 16.8 Å². The molecule has 0 saturated heterocycles. The zero-order valence-corrected chi connectivity index (χ0v) is 15.0. The van der Waals surface area contributed by atoms with Crippen LogP contribution in [0.5, 0.6) is 0 Å². The highest BCUT2D eigenvalue weighted by Gasteiger charge is 2.38. The van der Waals surface area contributed by atoms with Crippen molar-refractivity contribution in [2.75, 3.05) is 23.9 Å². The zero-order valence-electron chi connectivity index (χ0n) is 15.0. The van der Waals surface area contributed by atoms with Crippen molar-refractivity contribution >= 4 is 34.8 Å². The molecule has 3 rings (SSSR count). The Morgan fingerprint density at radius 3 is 1.58 bits per heavy atom. The topological polar surface area (TPSA) is 74.8 Å². The average Bonchev–Trinajstić information content (AvgIpc) is 2.84. The summed E-state index contributed by atoms with van der Waals surface area (Å²) in [4.78, 5) is 52.2. The Balaban J connectivity index is 2.10. The summed E-state index contributed by atoms with van der Waals surface area (Å²) in [6.45, 7) is 2.65. The molecule has 1 aliphatic heterocycles. The van der Waals surface area contributed by atoms with E-state index in [4.69, 9.17) is 0 Å². The first-order valence-corrected chi connectivity index (χ1v) is 8.08. The van der Waals surface area contributed by atoms with Gasteiger partial charge in [0, 0.05) is 30.9 Å². The molecule has 6 heteroatoms. The minimum absolute atomic E-state index is 0.141. The summed E-state index contributed by atoms with van der Waals surface area (Å²) in [5.41, 5.74) is 1.96. The molecule has 0 fully saturated rings. The molecule has 0 radical (unpaired) electrons. The summed E-state index contributed by atoms with van der Waals surface area (Å²) in [5, 5.41) is 0. The Morgan fingerprint density at radius 2 is 1.23 bits per heavy atom. The van der Waals surface area contributed by atoms with Crippen molar-refractivity contribution in [3.63, 3.8) is 0 Å². The van der Waals surface area contributed by atoms with E-state index in [1.54, 1.807) is 24.3 Å². The highest BCUT2D eigenvalue weighted by molar-refractivity contribution is 6.35. The van der Waals surface area contributed by atoms with E-state index in [0.29, 0.717) is 5.69 Å². The first-order valence-electron chi connectivity index (χ1n) is 8.08. The van der Waals surface area contributed by atoms with E-state index in [1.165, 1.54) is 26.0 Å². The Morgan fingerprint density at radius 1 is 0.808 bits per heavy atom. The monoisotopic (exact) mass is 350 g/mol. The lowest BCUT2D eigenvalue weighted by Crippen LogP contribution is -2.29. The highest BCUT2D eigenvalue weighted by Crippen LogP contribution is 2.31. The number of hydrogen-bond donors (Lipinski definition) is 0. The molecule has 0 spiro atoms. The molecule has 0 bridgehead atoms. The van der Waals surface area contributed by atoms with E-state index in [9.17, 15) is 19.2 Å². The third-order valence-corrected chi connectivity index (χ3v) is 4.41. The van der Waals surface area contributed by atoms with E-state index in [1.807, 2.05) is 19.0 Å². The molecule has 2 aromatic carbocycles. The van der Waals surface area contributed by atoms with Crippen LogP contribution < -0.4 is 9.80 Å². The molecular formula is C20H18N2O4. The van der Waals surface area contributed by atoms with Crippen molar-refractivity contribution in [3.05, 3.63) is 58.7 Å². The fraction of sp³-hybridized carbons (Fsp3) is 0.200. The predicted octanol–water partition coefficient (Wildman–Crippen LogP) is 2.96. The number of nitrogens with zero attached hydrogens (tertiary/aromatic N) is 2. The van der Waals surface area contributed by atoms with Crippen molar-refractivity contribution in [3.8, 4) is 0 Å². The second kappa shape index (κ2) is 6.22. The van der Waals surface area contributed by atoms with E-state index >= 15 is 0 Å². The molecule has 0 N–H and O–H groups in total. The molecule has 26 heavy (non-hydrogen) atoms. The van der Waals surface area contributed by atoms with Crippen LogP contribution in [-0.2, 0) is 0 Å². The molecule has 2 amide bonds. The third kappa shape index (κ3) is 2.69. The van der Waals surface area contributed by atoms with E-state index in [2.05, 4.69) is 0 Å². The number of carbonyl (C=O) groups excluding carboxylic acids is 4. The molecule has 0 aliphatic carbocycles. The van der Waals surface area contributed by atoms with Crippen molar-refractivity contribution in [2.45, 2.75) is 13.8 Å². The Hall–Kier alpha value is -3.28. The van der Waals surface area contributed by atoms with Crippen LogP contribution in [0, 0.1) is 0 Å². The fourth-order valence-electron chi connectivity index (χ4n) is 3.00. The number of amides is 2. The molecule has 0 unspecified atom stereocenters. The van der Waals surface area contributed by atoms with Crippen LogP contribution in [0.4, 0.5) is 11.4 Å². The lowest BCUT2D eigenvalue weighted by molar-refractivity contribution is 0.0925. The standard InChI is InChI=1S/C20H18N2O4/c1-11(23)15-9-17-18(10-16(15)12(2)24)20(26)22(19(17)25)14-7-5-13(6-8-14)21(3)4/h5-10H,1-4H3. The molecule has 0 atom stereocenters. The average molecular weight is 350 g/mol. The summed E-state index contributed by atoms with van der Waals surface area (Å²) >= 11 is 0. The molecule has 2 aromatic rings. The Bertz CT molecular complexity index is 906. The Kier molecular flexibility index (Phi) is 4.20. The summed E-state index contributed by atoms with van der Waals surface area (Å²) in [7, 11) is 3.78. The van der Waals surface area contributed by atoms with Crippen molar-refractivity contribution < 1.29 is 19.2 Å². The molecular weight excluding hydrogens is 332 g/mol. The van der Waals surface area contributed by atoms with Gasteiger partial charge in [-0.05, 0) is 50.2 Å². The van der Waals surface area contributed by atoms with Gasteiger partial charge in [0.15, 0.2) is 11.6 Å². The summed E-state index contributed by atoms with van der Waals surface area (Å²) in [6, 6.07) is 9.69. The van der Waals surface area contributed by atoms with E-state index in [-0.39, 0.29) is 33.8 Å². The van der Waals surface area contributed by atoms with Crippen LogP contribution in [-0.4, -0.2) is 37.5 Å². The lowest BCUT2D eigenvalue weighted by atomic mass is 9.95. The molecule has 0 aromatic heterocycles. The SMILES string of the molecule is CC(=O)c1cc2c(cc1C(C)=O)C(=O)N(c1ccc(N(C)C)cc1)C2=O. The number of benzene rings is 2. The van der Waals surface area contributed by atoms with Gasteiger partial charge in [0.25, 0.3) is 11.8 Å². The van der Waals surface area contributed by atoms with Gasteiger partial charge in [-0.15, -0.1) is 0 Å². The van der Waals surface area contributed by atoms with Crippen LogP contribution in [0.3, 0.4) is 0 Å². The number of anilines is 2. The van der Waals surface area contributed by atoms with Crippen LogP contribution >= 0.6 is 0 Å². The number of fused-ring (bicyclic) bond motifs is 1. The van der Waals surface area contributed by atoms with Crippen molar-refractivity contribution in [1.29, 1.82) is 0 Å². The molecule has 1 aliphatic rings. The number of carbonyl (C=O) groups is 4. The summed E-state index contributed by atoms with van der Waals surface area (Å²) in [5.74, 6) is -1.65. The maximum absolute atomic E-state index is 12.8. The maximum Gasteiger partial charge on any atom is 0.266 e. The number of rotatable bonds is 4. The molecule has 0 saturated carbocycles. The van der Waals surface area contributed by atoms with Gasteiger partial charge in [-0.2, -0.15) is 0 Å². The number of ketones is 2. The zero-order chi connectivity index (χ0) is 19.2. The van der Waals surface area contributed by atoms with E-state index in [0.717, 1.165) is 10.6 Å². The quantitative estimate of drug-likeness (QED) is 0.626. The first-order chi connectivity index (χ1) is 12.2. The van der Waals surface area contributed by atoms with Gasteiger partial charge in [-0.1, -0.05) is 0 Å². The first kappa shape index (κ1) is 17.5. The van der Waals surface area contributed by atoms with E-state index < -0.39 is 11.8 Å².